The SMILES string of the molecule is O=C(Nc1ccccc1C(=O)N1CCCCC1)NC1CCCC1. The second kappa shape index (κ2) is 7.49. The number of carbonyl (C=O) groups excluding carboxylic acids is 2. The maximum atomic E-state index is 12.7. The average molecular weight is 315 g/mol. The summed E-state index contributed by atoms with van der Waals surface area (Å²) >= 11 is 0. The summed E-state index contributed by atoms with van der Waals surface area (Å²) in [5.74, 6) is 0.0152. The lowest BCUT2D eigenvalue weighted by Crippen LogP contribution is -2.38. The van der Waals surface area contributed by atoms with Crippen molar-refractivity contribution >= 4 is 17.6 Å². The van der Waals surface area contributed by atoms with Gasteiger partial charge in [-0.15, -0.1) is 0 Å². The molecule has 1 aliphatic carbocycles. The summed E-state index contributed by atoms with van der Waals surface area (Å²) in [4.78, 5) is 26.8. The molecule has 0 aromatic heterocycles. The molecule has 3 amide bonds. The van der Waals surface area contributed by atoms with Crippen LogP contribution in [0.25, 0.3) is 0 Å². The van der Waals surface area contributed by atoms with Crippen LogP contribution in [0.3, 0.4) is 0 Å². The van der Waals surface area contributed by atoms with Crippen LogP contribution in [0.4, 0.5) is 10.5 Å². The maximum absolute atomic E-state index is 12.7. The number of amides is 3. The van der Waals surface area contributed by atoms with E-state index in [-0.39, 0.29) is 18.0 Å². The summed E-state index contributed by atoms with van der Waals surface area (Å²) in [6, 6.07) is 7.33. The average Bonchev–Trinajstić information content (AvgIpc) is 3.08. The zero-order valence-electron chi connectivity index (χ0n) is 13.5. The molecule has 5 heteroatoms. The van der Waals surface area contributed by atoms with Gasteiger partial charge in [0.05, 0.1) is 11.3 Å². The summed E-state index contributed by atoms with van der Waals surface area (Å²) in [5.41, 5.74) is 1.18. The number of hydrogen-bond acceptors (Lipinski definition) is 2. The fourth-order valence-corrected chi connectivity index (χ4v) is 3.46. The van der Waals surface area contributed by atoms with E-state index in [4.69, 9.17) is 0 Å². The van der Waals surface area contributed by atoms with Crippen molar-refractivity contribution < 1.29 is 9.59 Å². The van der Waals surface area contributed by atoms with E-state index in [2.05, 4.69) is 10.6 Å². The zero-order valence-corrected chi connectivity index (χ0v) is 13.5. The molecular formula is C18H25N3O2. The van der Waals surface area contributed by atoms with E-state index in [1.165, 1.54) is 19.3 Å². The fourth-order valence-electron chi connectivity index (χ4n) is 3.46. The van der Waals surface area contributed by atoms with Gasteiger partial charge >= 0.3 is 6.03 Å². The number of piperidine rings is 1. The van der Waals surface area contributed by atoms with Gasteiger partial charge in [0.15, 0.2) is 0 Å². The molecule has 2 aliphatic rings. The van der Waals surface area contributed by atoms with Gasteiger partial charge in [0.25, 0.3) is 5.91 Å². The van der Waals surface area contributed by atoms with Crippen molar-refractivity contribution in [3.05, 3.63) is 29.8 Å². The minimum Gasteiger partial charge on any atom is -0.339 e. The first-order chi connectivity index (χ1) is 11.2. The van der Waals surface area contributed by atoms with Crippen LogP contribution < -0.4 is 10.6 Å². The molecule has 124 valence electrons. The fraction of sp³-hybridized carbons (Fsp3) is 0.556. The molecule has 1 aromatic carbocycles. The second-order valence-corrected chi connectivity index (χ2v) is 6.48. The summed E-state index contributed by atoms with van der Waals surface area (Å²) in [7, 11) is 0. The third-order valence-electron chi connectivity index (χ3n) is 4.74. The quantitative estimate of drug-likeness (QED) is 0.898. The summed E-state index contributed by atoms with van der Waals surface area (Å²) in [6.45, 7) is 1.61. The van der Waals surface area contributed by atoms with Gasteiger partial charge < -0.3 is 15.5 Å². The minimum absolute atomic E-state index is 0.0152. The van der Waals surface area contributed by atoms with E-state index in [9.17, 15) is 9.59 Å². The van der Waals surface area contributed by atoms with Gasteiger partial charge in [-0.3, -0.25) is 4.79 Å². The monoisotopic (exact) mass is 315 g/mol. The van der Waals surface area contributed by atoms with E-state index >= 15 is 0 Å². The van der Waals surface area contributed by atoms with Gasteiger partial charge in [-0.1, -0.05) is 25.0 Å². The van der Waals surface area contributed by atoms with E-state index in [1.54, 1.807) is 12.1 Å². The molecule has 2 N–H and O–H groups in total. The number of anilines is 1. The normalized spacial score (nSPS) is 18.7. The highest BCUT2D eigenvalue weighted by molar-refractivity contribution is 6.03. The first-order valence-electron chi connectivity index (χ1n) is 8.70. The lowest BCUT2D eigenvalue weighted by Gasteiger charge is -2.27. The van der Waals surface area contributed by atoms with Gasteiger partial charge in [-0.25, -0.2) is 4.79 Å². The molecule has 5 nitrogen and oxygen atoms in total. The van der Waals surface area contributed by atoms with E-state index < -0.39 is 0 Å². The van der Waals surface area contributed by atoms with E-state index in [1.807, 2.05) is 17.0 Å². The summed E-state index contributed by atoms with van der Waals surface area (Å²) < 4.78 is 0. The van der Waals surface area contributed by atoms with Crippen LogP contribution in [0.5, 0.6) is 0 Å². The van der Waals surface area contributed by atoms with E-state index in [0.29, 0.717) is 11.3 Å². The van der Waals surface area contributed by atoms with Crippen LogP contribution in [0.2, 0.25) is 0 Å². The van der Waals surface area contributed by atoms with Crippen LogP contribution in [0, 0.1) is 0 Å². The minimum atomic E-state index is -0.212. The maximum Gasteiger partial charge on any atom is 0.319 e. The Morgan fingerprint density at radius 1 is 0.957 bits per heavy atom. The number of para-hydroxylation sites is 1. The van der Waals surface area contributed by atoms with Gasteiger partial charge in [-0.2, -0.15) is 0 Å². The Kier molecular flexibility index (Phi) is 5.16. The lowest BCUT2D eigenvalue weighted by atomic mass is 10.1. The van der Waals surface area contributed by atoms with Crippen molar-refractivity contribution in [3.8, 4) is 0 Å². The number of hydrogen-bond donors (Lipinski definition) is 2. The molecule has 3 rings (SSSR count). The Bertz CT molecular complexity index is 561. The highest BCUT2D eigenvalue weighted by atomic mass is 16.2. The van der Waals surface area contributed by atoms with Crippen molar-refractivity contribution in [2.45, 2.75) is 51.0 Å². The van der Waals surface area contributed by atoms with Gasteiger partial charge in [0.2, 0.25) is 0 Å². The Morgan fingerprint density at radius 2 is 1.65 bits per heavy atom. The standard InChI is InChI=1S/C18H25N3O2/c22-17(21-12-6-1-7-13-21)15-10-4-5-11-16(15)20-18(23)19-14-8-2-3-9-14/h4-5,10-11,14H,1-3,6-9,12-13H2,(H2,19,20,23). The van der Waals surface area contributed by atoms with Crippen molar-refractivity contribution in [1.82, 2.24) is 10.2 Å². The number of nitrogens with one attached hydrogen (secondary N) is 2. The second-order valence-electron chi connectivity index (χ2n) is 6.48. The molecule has 0 radical (unpaired) electrons. The van der Waals surface area contributed by atoms with Gasteiger partial charge in [0.1, 0.15) is 0 Å². The number of benzene rings is 1. The molecule has 1 aromatic rings. The van der Waals surface area contributed by atoms with E-state index in [0.717, 1.165) is 38.8 Å². The van der Waals surface area contributed by atoms with Crippen molar-refractivity contribution in [2.24, 2.45) is 0 Å². The smallest absolute Gasteiger partial charge is 0.319 e. The highest BCUT2D eigenvalue weighted by Crippen LogP contribution is 2.21. The van der Waals surface area contributed by atoms with Gasteiger partial charge in [-0.05, 0) is 44.2 Å². The Balaban J connectivity index is 1.67. The van der Waals surface area contributed by atoms with Gasteiger partial charge in [0, 0.05) is 19.1 Å². The molecule has 0 atom stereocenters. The molecule has 0 unspecified atom stereocenters. The number of nitrogens with zero attached hydrogens (tertiary/aromatic N) is 1. The largest absolute Gasteiger partial charge is 0.339 e. The van der Waals surface area contributed by atoms with Crippen molar-refractivity contribution in [1.29, 1.82) is 0 Å². The van der Waals surface area contributed by atoms with Crippen LogP contribution >= 0.6 is 0 Å². The lowest BCUT2D eigenvalue weighted by molar-refractivity contribution is 0.0725. The number of urea groups is 1. The third-order valence-corrected chi connectivity index (χ3v) is 4.74. The topological polar surface area (TPSA) is 61.4 Å². The molecule has 1 aliphatic heterocycles. The van der Waals surface area contributed by atoms with Crippen LogP contribution in [-0.4, -0.2) is 36.0 Å². The molecular weight excluding hydrogens is 290 g/mol. The number of carbonyl (C=O) groups is 2. The predicted molar refractivity (Wildman–Crippen MR) is 90.6 cm³/mol. The Morgan fingerprint density at radius 3 is 2.39 bits per heavy atom. The number of rotatable bonds is 3. The molecule has 1 saturated heterocycles. The Hall–Kier alpha value is -2.04. The molecule has 1 saturated carbocycles. The van der Waals surface area contributed by atoms with Crippen LogP contribution in [0.15, 0.2) is 24.3 Å². The third kappa shape index (κ3) is 4.03. The molecule has 1 heterocycles. The highest BCUT2D eigenvalue weighted by Gasteiger charge is 2.22. The molecule has 2 fully saturated rings. The van der Waals surface area contributed by atoms with Crippen LogP contribution in [-0.2, 0) is 0 Å². The Labute approximate surface area is 137 Å². The first kappa shape index (κ1) is 15.8. The first-order valence-corrected chi connectivity index (χ1v) is 8.70. The van der Waals surface area contributed by atoms with Crippen molar-refractivity contribution in [3.63, 3.8) is 0 Å². The zero-order chi connectivity index (χ0) is 16.1. The molecule has 23 heavy (non-hydrogen) atoms. The summed E-state index contributed by atoms with van der Waals surface area (Å²) in [5, 5.41) is 5.86. The predicted octanol–water partition coefficient (Wildman–Crippen LogP) is 3.38. The molecule has 0 bridgehead atoms. The number of likely N-dealkylation sites (tertiary alicyclic amines) is 1. The molecule has 0 spiro atoms. The van der Waals surface area contributed by atoms with Crippen molar-refractivity contribution in [2.75, 3.05) is 18.4 Å². The summed E-state index contributed by atoms with van der Waals surface area (Å²) in [6.07, 6.45) is 7.74. The van der Waals surface area contributed by atoms with Crippen LogP contribution in [0.1, 0.15) is 55.3 Å².